The number of hydrazine groups is 2. The zero-order valence-corrected chi connectivity index (χ0v) is 4.65. The molecule has 46 valence electrons. The van der Waals surface area contributed by atoms with Crippen LogP contribution in [0.15, 0.2) is 5.10 Å². The van der Waals surface area contributed by atoms with E-state index in [1.165, 1.54) is 0 Å². The summed E-state index contributed by atoms with van der Waals surface area (Å²) >= 11 is 0. The quantitative estimate of drug-likeness (QED) is 0.340. The van der Waals surface area contributed by atoms with Gasteiger partial charge in [-0.1, -0.05) is 0 Å². The molecule has 4 N–H and O–H groups in total. The smallest absolute Gasteiger partial charge is 0.153 e. The van der Waals surface area contributed by atoms with E-state index in [0.717, 1.165) is 12.4 Å². The molecule has 0 bridgehead atoms. The third-order valence-electron chi connectivity index (χ3n) is 0.798. The fourth-order valence-electron chi connectivity index (χ4n) is 0.475. The van der Waals surface area contributed by atoms with Gasteiger partial charge in [-0.15, -0.1) is 10.6 Å². The van der Waals surface area contributed by atoms with E-state index >= 15 is 0 Å². The Bertz CT molecular complexity index is 97.8. The van der Waals surface area contributed by atoms with Crippen molar-refractivity contribution in [1.82, 2.24) is 21.8 Å². The maximum Gasteiger partial charge on any atom is 0.153 e. The summed E-state index contributed by atoms with van der Waals surface area (Å²) in [6, 6.07) is 0. The van der Waals surface area contributed by atoms with Gasteiger partial charge in [0.15, 0.2) is 5.84 Å². The molecule has 0 aromatic rings. The predicted octanol–water partition coefficient (Wildman–Crippen LogP) is -1.87. The van der Waals surface area contributed by atoms with E-state index in [0.29, 0.717) is 0 Å². The van der Waals surface area contributed by atoms with E-state index in [1.54, 1.807) is 0 Å². The van der Waals surface area contributed by atoms with E-state index < -0.39 is 0 Å². The zero-order valence-electron chi connectivity index (χ0n) is 4.65. The molecule has 1 heterocycles. The average molecular weight is 115 g/mol. The molecule has 0 aromatic carbocycles. The number of rotatable bonds is 2. The van der Waals surface area contributed by atoms with Crippen LogP contribution in [0.3, 0.4) is 0 Å². The monoisotopic (exact) mass is 115 g/mol. The van der Waals surface area contributed by atoms with E-state index in [2.05, 4.69) is 26.9 Å². The van der Waals surface area contributed by atoms with Gasteiger partial charge in [-0.25, -0.2) is 5.53 Å². The third-order valence-corrected chi connectivity index (χ3v) is 0.798. The highest BCUT2D eigenvalue weighted by atomic mass is 15.8. The van der Waals surface area contributed by atoms with Crippen molar-refractivity contribution >= 4 is 5.84 Å². The highest BCUT2D eigenvalue weighted by Gasteiger charge is 1.99. The second-order valence-corrected chi connectivity index (χ2v) is 1.45. The molecule has 0 atom stereocenters. The van der Waals surface area contributed by atoms with E-state index in [-0.39, 0.29) is 0 Å². The summed E-state index contributed by atoms with van der Waals surface area (Å²) in [4.78, 5) is 0. The summed E-state index contributed by atoms with van der Waals surface area (Å²) in [5, 5.41) is 6.74. The molecule has 0 aliphatic carbocycles. The van der Waals surface area contributed by atoms with Gasteiger partial charge in [-0.3, -0.25) is 5.43 Å². The summed E-state index contributed by atoms with van der Waals surface area (Å²) in [7, 11) is 1.86. The van der Waals surface area contributed by atoms with Gasteiger partial charge in [-0.2, -0.15) is 0 Å². The molecule has 0 spiro atoms. The number of amidine groups is 1. The molecule has 0 saturated heterocycles. The second kappa shape index (κ2) is 2.49. The molecule has 1 aliphatic rings. The first-order chi connectivity index (χ1) is 3.93. The lowest BCUT2D eigenvalue weighted by Gasteiger charge is -1.95. The normalized spacial score (nSPS) is 16.9. The van der Waals surface area contributed by atoms with Crippen molar-refractivity contribution in [1.29, 1.82) is 0 Å². The van der Waals surface area contributed by atoms with Crippen molar-refractivity contribution in [3.63, 3.8) is 0 Å². The van der Waals surface area contributed by atoms with E-state index in [4.69, 9.17) is 0 Å². The van der Waals surface area contributed by atoms with Gasteiger partial charge in [0.2, 0.25) is 0 Å². The lowest BCUT2D eigenvalue weighted by molar-refractivity contribution is 0.576. The number of likely N-dealkylation sites (N-methyl/N-ethyl adjacent to an activating group) is 1. The Morgan fingerprint density at radius 3 is 3.12 bits per heavy atom. The molecule has 0 saturated carbocycles. The number of hydrazone groups is 1. The van der Waals surface area contributed by atoms with E-state index in [1.807, 2.05) is 7.05 Å². The topological polar surface area (TPSA) is 60.5 Å². The molecule has 1 aliphatic heterocycles. The summed E-state index contributed by atoms with van der Waals surface area (Å²) in [6.07, 6.45) is 0. The average Bonchev–Trinajstić information content (AvgIpc) is 2.19. The fraction of sp³-hybridized carbons (Fsp3) is 0.667. The minimum Gasteiger partial charge on any atom is -0.313 e. The number of nitrogens with one attached hydrogen (secondary N) is 4. The van der Waals surface area contributed by atoms with Crippen LogP contribution in [0.1, 0.15) is 0 Å². The summed E-state index contributed by atoms with van der Waals surface area (Å²) < 4.78 is 0. The van der Waals surface area contributed by atoms with Crippen molar-refractivity contribution in [2.24, 2.45) is 5.10 Å². The van der Waals surface area contributed by atoms with Gasteiger partial charge in [0.25, 0.3) is 0 Å². The molecule has 5 nitrogen and oxygen atoms in total. The minimum atomic E-state index is 0.750. The van der Waals surface area contributed by atoms with Crippen LogP contribution in [0.5, 0.6) is 0 Å². The first-order valence-corrected chi connectivity index (χ1v) is 2.40. The standard InChI is InChI=1S/C3H9N5/c1-4-2-3-5-7-8-6-3/h4,7-8H,2H2,1H3,(H,5,6). The lowest BCUT2D eigenvalue weighted by Crippen LogP contribution is -2.38. The van der Waals surface area contributed by atoms with Gasteiger partial charge in [0, 0.05) is 0 Å². The van der Waals surface area contributed by atoms with Crippen molar-refractivity contribution < 1.29 is 0 Å². The zero-order chi connectivity index (χ0) is 5.82. The largest absolute Gasteiger partial charge is 0.313 e. The minimum absolute atomic E-state index is 0.750. The molecule has 1 rings (SSSR count). The van der Waals surface area contributed by atoms with Crippen LogP contribution in [0.4, 0.5) is 0 Å². The van der Waals surface area contributed by atoms with Gasteiger partial charge in [0.05, 0.1) is 6.54 Å². The Balaban J connectivity index is 2.23. The van der Waals surface area contributed by atoms with Crippen molar-refractivity contribution in [3.05, 3.63) is 0 Å². The van der Waals surface area contributed by atoms with Gasteiger partial charge >= 0.3 is 0 Å². The SMILES string of the molecule is CNCC1=NNNN1. The van der Waals surface area contributed by atoms with Crippen LogP contribution in [0.2, 0.25) is 0 Å². The first-order valence-electron chi connectivity index (χ1n) is 2.40. The van der Waals surface area contributed by atoms with Crippen LogP contribution < -0.4 is 21.8 Å². The van der Waals surface area contributed by atoms with Crippen LogP contribution >= 0.6 is 0 Å². The second-order valence-electron chi connectivity index (χ2n) is 1.45. The maximum absolute atomic E-state index is 3.81. The van der Waals surface area contributed by atoms with Gasteiger partial charge in [-0.05, 0) is 7.05 Å². The third kappa shape index (κ3) is 1.08. The van der Waals surface area contributed by atoms with Crippen LogP contribution in [0.25, 0.3) is 0 Å². The molecule has 5 heteroatoms. The molecule has 8 heavy (non-hydrogen) atoms. The molecule has 0 fully saturated rings. The van der Waals surface area contributed by atoms with Crippen LogP contribution in [-0.2, 0) is 0 Å². The highest BCUT2D eigenvalue weighted by Crippen LogP contribution is 1.69. The molecule has 0 amide bonds. The van der Waals surface area contributed by atoms with Gasteiger partial charge < -0.3 is 5.32 Å². The van der Waals surface area contributed by atoms with Crippen LogP contribution in [-0.4, -0.2) is 19.4 Å². The Morgan fingerprint density at radius 2 is 2.62 bits per heavy atom. The van der Waals surface area contributed by atoms with Crippen molar-refractivity contribution in [2.75, 3.05) is 13.6 Å². The van der Waals surface area contributed by atoms with Gasteiger partial charge in [0.1, 0.15) is 0 Å². The molecule has 0 aromatic heterocycles. The molecule has 0 unspecified atom stereocenters. The summed E-state index contributed by atoms with van der Waals surface area (Å²) in [6.45, 7) is 0.750. The Kier molecular flexibility index (Phi) is 1.66. The predicted molar refractivity (Wildman–Crippen MR) is 30.8 cm³/mol. The lowest BCUT2D eigenvalue weighted by atomic mass is 10.6. The van der Waals surface area contributed by atoms with Crippen molar-refractivity contribution in [3.8, 4) is 0 Å². The Labute approximate surface area is 47.5 Å². The Morgan fingerprint density at radius 1 is 1.75 bits per heavy atom. The summed E-state index contributed by atoms with van der Waals surface area (Å²) in [5.41, 5.74) is 7.94. The van der Waals surface area contributed by atoms with Crippen molar-refractivity contribution in [2.45, 2.75) is 0 Å². The first kappa shape index (κ1) is 5.33. The molecule has 0 radical (unpaired) electrons. The van der Waals surface area contributed by atoms with Crippen LogP contribution in [0, 0.1) is 0 Å². The fourth-order valence-corrected chi connectivity index (χ4v) is 0.475. The Hall–Kier alpha value is -0.810. The van der Waals surface area contributed by atoms with E-state index in [9.17, 15) is 0 Å². The molecular formula is C3H9N5. The summed E-state index contributed by atoms with van der Waals surface area (Å²) in [5.74, 6) is 0.868. The number of hydrogen-bond acceptors (Lipinski definition) is 5. The highest BCUT2D eigenvalue weighted by molar-refractivity contribution is 5.84. The number of nitrogens with zero attached hydrogens (tertiary/aromatic N) is 1. The molecular weight excluding hydrogens is 106 g/mol. The maximum atomic E-state index is 3.81. The number of hydrogen-bond donors (Lipinski definition) is 4.